The molecule has 0 saturated carbocycles. The van der Waals surface area contributed by atoms with Gasteiger partial charge in [0.25, 0.3) is 0 Å². The van der Waals surface area contributed by atoms with E-state index in [1.165, 1.54) is 51.4 Å². The number of carboxylic acids is 2. The minimum Gasteiger partial charge on any atom is -0.481 e. The van der Waals surface area contributed by atoms with Crippen LogP contribution < -0.4 is 0 Å². The molecular weight excluding hydrogens is 368 g/mol. The Kier molecular flexibility index (Phi) is 32.4. The zero-order valence-corrected chi connectivity index (χ0v) is 19.5. The van der Waals surface area contributed by atoms with E-state index in [2.05, 4.69) is 13.2 Å². The number of rotatable bonds is 18. The molecule has 0 aliphatic rings. The minimum atomic E-state index is -0.674. The summed E-state index contributed by atoms with van der Waals surface area (Å²) in [7, 11) is 0. The molecule has 0 aromatic rings. The van der Waals surface area contributed by atoms with Crippen molar-refractivity contribution >= 4 is 49.7 Å². The van der Waals surface area contributed by atoms with Crippen LogP contribution >= 0.6 is 0 Å². The molecule has 0 amide bonds. The Morgan fingerprint density at radius 1 is 0.556 bits per heavy atom. The van der Waals surface area contributed by atoms with Gasteiger partial charge in [-0.15, -0.1) is 13.2 Å². The smallest absolute Gasteiger partial charge is 0.303 e. The van der Waals surface area contributed by atoms with Crippen LogP contribution in [-0.4, -0.2) is 59.9 Å². The first-order valence-corrected chi connectivity index (χ1v) is 10.2. The molecule has 0 aliphatic heterocycles. The van der Waals surface area contributed by atoms with Crippen LogP contribution in [0.15, 0.2) is 25.3 Å². The zero-order chi connectivity index (χ0) is 19.9. The summed E-state index contributed by atoms with van der Waals surface area (Å²) in [6.45, 7) is 7.32. The minimum absolute atomic E-state index is 0. The second kappa shape index (κ2) is 27.9. The Hall–Kier alpha value is -0.320. The summed E-state index contributed by atoms with van der Waals surface area (Å²) in [6.07, 6.45) is 20.3. The topological polar surface area (TPSA) is 74.6 Å². The molecule has 5 heteroatoms. The summed E-state index contributed by atoms with van der Waals surface area (Å²) in [5, 5.41) is 16.8. The fourth-order valence-electron chi connectivity index (χ4n) is 2.54. The predicted octanol–water partition coefficient (Wildman–Crippen LogP) is 6.37. The Bertz CT molecular complexity index is 322. The Labute approximate surface area is 196 Å². The maximum atomic E-state index is 10.2. The van der Waals surface area contributed by atoms with E-state index in [9.17, 15) is 9.59 Å². The fourth-order valence-corrected chi connectivity index (χ4v) is 2.54. The van der Waals surface area contributed by atoms with Gasteiger partial charge < -0.3 is 10.2 Å². The summed E-state index contributed by atoms with van der Waals surface area (Å²) < 4.78 is 0. The van der Waals surface area contributed by atoms with E-state index >= 15 is 0 Å². The van der Waals surface area contributed by atoms with E-state index in [0.717, 1.165) is 38.5 Å². The van der Waals surface area contributed by atoms with Crippen molar-refractivity contribution in [2.75, 3.05) is 0 Å². The SMILES string of the molecule is C=CCCCCCCCCC(=O)O.C=CCCCCCCCCC(=O)O.[Ca]. The molecule has 27 heavy (non-hydrogen) atoms. The second-order valence-corrected chi connectivity index (χ2v) is 6.68. The van der Waals surface area contributed by atoms with Crippen LogP contribution in [-0.2, 0) is 9.59 Å². The zero-order valence-electron chi connectivity index (χ0n) is 17.3. The van der Waals surface area contributed by atoms with E-state index in [-0.39, 0.29) is 37.7 Å². The van der Waals surface area contributed by atoms with Gasteiger partial charge in [-0.1, -0.05) is 63.5 Å². The number of hydrogen-bond acceptors (Lipinski definition) is 2. The van der Waals surface area contributed by atoms with Crippen molar-refractivity contribution in [1.29, 1.82) is 0 Å². The molecule has 0 saturated heterocycles. The second-order valence-electron chi connectivity index (χ2n) is 6.68. The van der Waals surface area contributed by atoms with E-state index < -0.39 is 11.9 Å². The van der Waals surface area contributed by atoms with Crippen LogP contribution in [0.4, 0.5) is 0 Å². The van der Waals surface area contributed by atoms with Gasteiger partial charge in [0.2, 0.25) is 0 Å². The summed E-state index contributed by atoms with van der Waals surface area (Å²) in [6, 6.07) is 0. The van der Waals surface area contributed by atoms with Crippen LogP contribution in [0.2, 0.25) is 0 Å². The van der Waals surface area contributed by atoms with Gasteiger partial charge in [0.1, 0.15) is 0 Å². The monoisotopic (exact) mass is 408 g/mol. The molecule has 154 valence electrons. The van der Waals surface area contributed by atoms with Gasteiger partial charge >= 0.3 is 11.9 Å². The summed E-state index contributed by atoms with van der Waals surface area (Å²) in [5.41, 5.74) is 0. The van der Waals surface area contributed by atoms with Crippen molar-refractivity contribution in [3.8, 4) is 0 Å². The van der Waals surface area contributed by atoms with Crippen molar-refractivity contribution in [3.05, 3.63) is 25.3 Å². The number of carbonyl (C=O) groups is 2. The largest absolute Gasteiger partial charge is 0.481 e. The quantitative estimate of drug-likeness (QED) is 0.157. The molecule has 0 spiro atoms. The Morgan fingerprint density at radius 3 is 1.07 bits per heavy atom. The van der Waals surface area contributed by atoms with Gasteiger partial charge in [0.05, 0.1) is 0 Å². The molecule has 2 radical (unpaired) electrons. The number of unbranched alkanes of at least 4 members (excludes halogenated alkanes) is 12. The molecule has 4 nitrogen and oxygen atoms in total. The van der Waals surface area contributed by atoms with Crippen LogP contribution in [0.3, 0.4) is 0 Å². The van der Waals surface area contributed by atoms with Crippen molar-refractivity contribution < 1.29 is 19.8 Å². The maximum absolute atomic E-state index is 10.2. The van der Waals surface area contributed by atoms with E-state index in [0.29, 0.717) is 12.8 Å². The van der Waals surface area contributed by atoms with Crippen LogP contribution in [0, 0.1) is 0 Å². The van der Waals surface area contributed by atoms with Gasteiger partial charge in [0, 0.05) is 50.6 Å². The van der Waals surface area contributed by atoms with Crippen molar-refractivity contribution in [2.45, 2.75) is 103 Å². The molecule has 0 aromatic carbocycles. The normalized spacial score (nSPS) is 9.48. The molecule has 0 unspecified atom stereocenters. The number of hydrogen-bond donors (Lipinski definition) is 2. The predicted molar refractivity (Wildman–Crippen MR) is 115 cm³/mol. The molecule has 2 N–H and O–H groups in total. The summed E-state index contributed by atoms with van der Waals surface area (Å²) in [5.74, 6) is -1.35. The van der Waals surface area contributed by atoms with Crippen molar-refractivity contribution in [2.24, 2.45) is 0 Å². The molecule has 0 bridgehead atoms. The molecule has 0 aromatic heterocycles. The molecule has 0 atom stereocenters. The first-order chi connectivity index (χ1) is 12.5. The standard InChI is InChI=1S/2C11H20O2.Ca/c2*1-2-3-4-5-6-7-8-9-10-11(12)13;/h2*2H,1,3-10H2,(H,12,13);. The maximum Gasteiger partial charge on any atom is 0.303 e. The van der Waals surface area contributed by atoms with Gasteiger partial charge in [-0.3, -0.25) is 9.59 Å². The van der Waals surface area contributed by atoms with E-state index in [1.807, 2.05) is 12.2 Å². The van der Waals surface area contributed by atoms with E-state index in [4.69, 9.17) is 10.2 Å². The molecule has 0 rings (SSSR count). The Morgan fingerprint density at radius 2 is 0.815 bits per heavy atom. The van der Waals surface area contributed by atoms with Crippen LogP contribution in [0.5, 0.6) is 0 Å². The first-order valence-electron chi connectivity index (χ1n) is 10.2. The van der Waals surface area contributed by atoms with Crippen molar-refractivity contribution in [1.82, 2.24) is 0 Å². The molecule has 0 heterocycles. The molecule has 0 fully saturated rings. The van der Waals surface area contributed by atoms with Gasteiger partial charge in [-0.2, -0.15) is 0 Å². The third kappa shape index (κ3) is 37.2. The Balaban J connectivity index is -0.000000411. The summed E-state index contributed by atoms with van der Waals surface area (Å²) >= 11 is 0. The van der Waals surface area contributed by atoms with Gasteiger partial charge in [-0.25, -0.2) is 0 Å². The average molecular weight is 409 g/mol. The first kappa shape index (κ1) is 31.4. The van der Waals surface area contributed by atoms with E-state index in [1.54, 1.807) is 0 Å². The molecule has 0 aliphatic carbocycles. The molecular formula is C22H40CaO4. The summed E-state index contributed by atoms with van der Waals surface area (Å²) in [4.78, 5) is 20.3. The van der Waals surface area contributed by atoms with Gasteiger partial charge in [-0.05, 0) is 38.5 Å². The van der Waals surface area contributed by atoms with Crippen LogP contribution in [0.1, 0.15) is 103 Å². The average Bonchev–Trinajstić information content (AvgIpc) is 2.60. The number of aliphatic carboxylic acids is 2. The fraction of sp³-hybridized carbons (Fsp3) is 0.727. The van der Waals surface area contributed by atoms with Crippen LogP contribution in [0.25, 0.3) is 0 Å². The van der Waals surface area contributed by atoms with Gasteiger partial charge in [0.15, 0.2) is 0 Å². The number of allylic oxidation sites excluding steroid dienone is 2. The number of carboxylic acid groups (broad SMARTS) is 2. The third-order valence-corrected chi connectivity index (χ3v) is 4.10. The third-order valence-electron chi connectivity index (χ3n) is 4.10. The van der Waals surface area contributed by atoms with Crippen molar-refractivity contribution in [3.63, 3.8) is 0 Å².